The van der Waals surface area contributed by atoms with E-state index in [0.29, 0.717) is 51.6 Å². The lowest BCUT2D eigenvalue weighted by Crippen LogP contribution is -2.85. The number of unbranched alkanes of at least 4 members (excludes halogenated alkanes) is 2. The summed E-state index contributed by atoms with van der Waals surface area (Å²) in [6.45, 7) is 17.1. The topological polar surface area (TPSA) is 177 Å². The molecule has 2 saturated carbocycles. The van der Waals surface area contributed by atoms with Crippen LogP contribution in [0.4, 0.5) is 4.79 Å². The lowest BCUT2D eigenvalue weighted by Gasteiger charge is -2.57. The zero-order valence-corrected chi connectivity index (χ0v) is 30.4. The number of carbonyl (C=O) groups excluding carboxylic acids is 5. The molecular formula is C35H61N9O5. The third-order valence-corrected chi connectivity index (χ3v) is 11.4. The van der Waals surface area contributed by atoms with Crippen LogP contribution in [0.5, 0.6) is 0 Å². The number of ketones is 1. The SMILES string of the molecule is CCN(CC)CCCCNC(=O)C1CC(N=NC2(C(C)=O)C(=O)NC23CCC2NC(=O)NC2C3)CC(C(=O)NCCCCN(CC)CC)C1. The summed E-state index contributed by atoms with van der Waals surface area (Å²) in [7, 11) is 0. The van der Waals surface area contributed by atoms with Crippen molar-refractivity contribution in [3.63, 3.8) is 0 Å². The van der Waals surface area contributed by atoms with Gasteiger partial charge in [0.2, 0.25) is 17.4 Å². The molecule has 6 atom stereocenters. The van der Waals surface area contributed by atoms with Crippen LogP contribution in [0.3, 0.4) is 0 Å². The Balaban J connectivity index is 1.44. The summed E-state index contributed by atoms with van der Waals surface area (Å²) in [5.41, 5.74) is -2.65. The van der Waals surface area contributed by atoms with Gasteiger partial charge in [-0.05, 0) is 110 Å². The average Bonchev–Trinajstić information content (AvgIpc) is 3.46. The minimum atomic E-state index is -1.70. The van der Waals surface area contributed by atoms with E-state index < -0.39 is 40.6 Å². The van der Waals surface area contributed by atoms with Crippen LogP contribution in [0.15, 0.2) is 10.2 Å². The Labute approximate surface area is 292 Å². The van der Waals surface area contributed by atoms with E-state index in [0.717, 1.165) is 65.0 Å². The number of amides is 5. The van der Waals surface area contributed by atoms with Crippen LogP contribution in [-0.2, 0) is 19.2 Å². The molecule has 5 amide bonds. The molecule has 0 aromatic carbocycles. The molecule has 0 aromatic heterocycles. The molecule has 0 radical (unpaired) electrons. The van der Waals surface area contributed by atoms with Crippen LogP contribution in [0, 0.1) is 11.8 Å². The summed E-state index contributed by atoms with van der Waals surface area (Å²) < 4.78 is 0. The van der Waals surface area contributed by atoms with Crippen molar-refractivity contribution in [1.82, 2.24) is 36.4 Å². The first kappa shape index (κ1) is 38.7. The van der Waals surface area contributed by atoms with Gasteiger partial charge in [0, 0.05) is 24.9 Å². The lowest BCUT2D eigenvalue weighted by molar-refractivity contribution is -0.156. The predicted molar refractivity (Wildman–Crippen MR) is 187 cm³/mol. The number of hydrogen-bond acceptors (Lipinski definition) is 9. The van der Waals surface area contributed by atoms with Gasteiger partial charge in [-0.3, -0.25) is 19.2 Å². The second-order valence-corrected chi connectivity index (χ2v) is 14.4. The van der Waals surface area contributed by atoms with Crippen LogP contribution in [0.1, 0.15) is 98.8 Å². The van der Waals surface area contributed by atoms with Crippen LogP contribution in [0.2, 0.25) is 0 Å². The Kier molecular flexibility index (Phi) is 14.0. The fourth-order valence-electron chi connectivity index (χ4n) is 8.32. The number of fused-ring (bicyclic) bond motifs is 1. The standard InChI is InChI=1S/C35H61N9O5/c1-6-43(7-2)18-12-10-16-36-30(46)25-20-26(31(47)37-17-11-13-19-44(8-3)9-4)22-27(21-25)41-42-35(24(5)45)32(48)40-34(35)15-14-28-29(23-34)39-33(49)38-28/h25-29H,6-23H2,1-5H3,(H,36,46)(H,37,47)(H,40,48)(H2,38,39,49). The Morgan fingerprint density at radius 2 is 1.33 bits per heavy atom. The maximum Gasteiger partial charge on any atom is 0.315 e. The van der Waals surface area contributed by atoms with Gasteiger partial charge in [0.15, 0.2) is 5.78 Å². The summed E-state index contributed by atoms with van der Waals surface area (Å²) in [6, 6.07) is -1.05. The van der Waals surface area contributed by atoms with Gasteiger partial charge in [-0.25, -0.2) is 4.79 Å². The van der Waals surface area contributed by atoms with Gasteiger partial charge in [0.1, 0.15) is 0 Å². The molecule has 0 bridgehead atoms. The average molecular weight is 688 g/mol. The van der Waals surface area contributed by atoms with E-state index in [1.807, 2.05) is 0 Å². The maximum absolute atomic E-state index is 13.5. The molecule has 2 heterocycles. The third kappa shape index (κ3) is 8.97. The number of rotatable bonds is 19. The number of urea groups is 1. The molecular weight excluding hydrogens is 626 g/mol. The highest BCUT2D eigenvalue weighted by molar-refractivity contribution is 6.17. The van der Waals surface area contributed by atoms with E-state index in [1.54, 1.807) is 0 Å². The zero-order chi connectivity index (χ0) is 35.6. The molecule has 4 aliphatic rings. The number of carbonyl (C=O) groups is 5. The fourth-order valence-corrected chi connectivity index (χ4v) is 8.32. The molecule has 14 nitrogen and oxygen atoms in total. The highest BCUT2D eigenvalue weighted by atomic mass is 16.2. The normalized spacial score (nSPS) is 30.9. The number of nitrogens with one attached hydrogen (secondary N) is 5. The number of Topliss-reactive ketones (excluding diaryl/α,β-unsaturated/α-hetero) is 1. The summed E-state index contributed by atoms with van der Waals surface area (Å²) in [5, 5.41) is 24.1. The molecule has 1 spiro atoms. The van der Waals surface area contributed by atoms with Crippen LogP contribution in [-0.4, -0.2) is 121 Å². The van der Waals surface area contributed by atoms with E-state index in [4.69, 9.17) is 0 Å². The largest absolute Gasteiger partial charge is 0.356 e. The second kappa shape index (κ2) is 17.7. The zero-order valence-electron chi connectivity index (χ0n) is 30.4. The van der Waals surface area contributed by atoms with Gasteiger partial charge in [-0.2, -0.15) is 10.2 Å². The molecule has 4 rings (SSSR count). The molecule has 49 heavy (non-hydrogen) atoms. The minimum Gasteiger partial charge on any atom is -0.356 e. The molecule has 5 N–H and O–H groups in total. The smallest absolute Gasteiger partial charge is 0.315 e. The quantitative estimate of drug-likeness (QED) is 0.0598. The Morgan fingerprint density at radius 3 is 1.82 bits per heavy atom. The van der Waals surface area contributed by atoms with E-state index in [9.17, 15) is 24.0 Å². The number of azo groups is 1. The van der Waals surface area contributed by atoms with Gasteiger partial charge in [-0.15, -0.1) is 0 Å². The van der Waals surface area contributed by atoms with Crippen molar-refractivity contribution < 1.29 is 24.0 Å². The predicted octanol–water partition coefficient (Wildman–Crippen LogP) is 2.13. The van der Waals surface area contributed by atoms with E-state index in [2.05, 4.69) is 74.3 Å². The Morgan fingerprint density at radius 1 is 0.796 bits per heavy atom. The van der Waals surface area contributed by atoms with E-state index >= 15 is 0 Å². The second-order valence-electron chi connectivity index (χ2n) is 14.4. The minimum absolute atomic E-state index is 0.0661. The van der Waals surface area contributed by atoms with Crippen molar-refractivity contribution in [2.24, 2.45) is 22.1 Å². The fraction of sp³-hybridized carbons (Fsp3) is 0.857. The summed E-state index contributed by atoms with van der Waals surface area (Å²) >= 11 is 0. The Hall–Kier alpha value is -3.13. The molecule has 0 aromatic rings. The first-order valence-corrected chi connectivity index (χ1v) is 18.8. The molecule has 2 saturated heterocycles. The summed E-state index contributed by atoms with van der Waals surface area (Å²) in [5.74, 6) is -1.96. The number of nitrogens with zero attached hydrogens (tertiary/aromatic N) is 4. The highest BCUT2D eigenvalue weighted by Gasteiger charge is 2.72. The van der Waals surface area contributed by atoms with Gasteiger partial charge < -0.3 is 36.4 Å². The molecule has 276 valence electrons. The molecule has 6 unspecified atom stereocenters. The van der Waals surface area contributed by atoms with Crippen molar-refractivity contribution in [3.8, 4) is 0 Å². The van der Waals surface area contributed by atoms with Crippen molar-refractivity contribution >= 4 is 29.5 Å². The molecule has 2 aliphatic carbocycles. The summed E-state index contributed by atoms with van der Waals surface area (Å²) in [6.07, 6.45) is 6.32. The van der Waals surface area contributed by atoms with Crippen molar-refractivity contribution in [1.29, 1.82) is 0 Å². The van der Waals surface area contributed by atoms with E-state index in [1.165, 1.54) is 6.92 Å². The molecule has 14 heteroatoms. The number of β-lactam (4-membered cyclic amide) rings is 1. The first-order valence-electron chi connectivity index (χ1n) is 18.8. The first-order chi connectivity index (χ1) is 23.5. The maximum atomic E-state index is 13.5. The number of hydrogen-bond donors (Lipinski definition) is 5. The van der Waals surface area contributed by atoms with Crippen LogP contribution in [0.25, 0.3) is 0 Å². The highest BCUT2D eigenvalue weighted by Crippen LogP contribution is 2.48. The van der Waals surface area contributed by atoms with Crippen molar-refractivity contribution in [2.45, 2.75) is 128 Å². The van der Waals surface area contributed by atoms with E-state index in [-0.39, 0.29) is 29.9 Å². The van der Waals surface area contributed by atoms with Crippen LogP contribution < -0.4 is 26.6 Å². The van der Waals surface area contributed by atoms with Crippen molar-refractivity contribution in [2.75, 3.05) is 52.4 Å². The molecule has 2 aliphatic heterocycles. The lowest BCUT2D eigenvalue weighted by atomic mass is 9.58. The van der Waals surface area contributed by atoms with Gasteiger partial charge in [-0.1, -0.05) is 27.7 Å². The van der Waals surface area contributed by atoms with Crippen molar-refractivity contribution in [3.05, 3.63) is 0 Å². The van der Waals surface area contributed by atoms with Gasteiger partial charge in [0.25, 0.3) is 5.91 Å². The summed E-state index contributed by atoms with van der Waals surface area (Å²) in [4.78, 5) is 70.1. The monoisotopic (exact) mass is 687 g/mol. The van der Waals surface area contributed by atoms with Gasteiger partial charge >= 0.3 is 6.03 Å². The van der Waals surface area contributed by atoms with Gasteiger partial charge in [0.05, 0.1) is 23.7 Å². The Bertz CT molecular complexity index is 1160. The third-order valence-electron chi connectivity index (χ3n) is 11.4. The molecule has 4 fully saturated rings. The van der Waals surface area contributed by atoms with Crippen LogP contribution >= 0.6 is 0 Å².